The second-order valence-electron chi connectivity index (χ2n) is 1.50. The van der Waals surface area contributed by atoms with E-state index in [9.17, 15) is 13.6 Å². The summed E-state index contributed by atoms with van der Waals surface area (Å²) in [5.74, 6) is -0.663. The predicted octanol–water partition coefficient (Wildman–Crippen LogP) is -0.751. The first kappa shape index (κ1) is 13.6. The zero-order valence-corrected chi connectivity index (χ0v) is 8.19. The second-order valence-corrected chi connectivity index (χ2v) is 2.07. The third-order valence-corrected chi connectivity index (χ3v) is 0.809. The molecule has 0 saturated carbocycles. The number of amides is 1. The molecule has 0 aromatic carbocycles. The zero-order valence-electron chi connectivity index (χ0n) is 7.96. The SMILES string of the molecule is C=C(C)C(=O)NOS(=O)[O-].[H-].[H-].[Mg+2]. The first-order valence-corrected chi connectivity index (χ1v) is 3.26. The van der Waals surface area contributed by atoms with Crippen molar-refractivity contribution in [2.24, 2.45) is 0 Å². The van der Waals surface area contributed by atoms with Crippen LogP contribution >= 0.6 is 0 Å². The molecule has 0 aliphatic heterocycles. The maximum atomic E-state index is 10.4. The van der Waals surface area contributed by atoms with Crippen LogP contribution in [0, 0.1) is 0 Å². The molecule has 0 aliphatic rings. The molecule has 1 unspecified atom stereocenters. The smallest absolute Gasteiger partial charge is 1.00 e. The van der Waals surface area contributed by atoms with E-state index in [2.05, 4.69) is 10.9 Å². The molecule has 7 heteroatoms. The Kier molecular flexibility index (Phi) is 8.34. The van der Waals surface area contributed by atoms with Crippen molar-refractivity contribution in [2.45, 2.75) is 6.92 Å². The van der Waals surface area contributed by atoms with Crippen molar-refractivity contribution in [3.8, 4) is 0 Å². The van der Waals surface area contributed by atoms with E-state index in [1.165, 1.54) is 6.92 Å². The Labute approximate surface area is 85.7 Å². The van der Waals surface area contributed by atoms with Crippen LogP contribution in [0.4, 0.5) is 0 Å². The van der Waals surface area contributed by atoms with Crippen LogP contribution in [-0.4, -0.2) is 37.7 Å². The molecule has 0 fully saturated rings. The summed E-state index contributed by atoms with van der Waals surface area (Å²) in [5.41, 5.74) is 1.80. The van der Waals surface area contributed by atoms with Crippen molar-refractivity contribution in [1.82, 2.24) is 5.48 Å². The van der Waals surface area contributed by atoms with Crippen LogP contribution < -0.4 is 5.48 Å². The van der Waals surface area contributed by atoms with Gasteiger partial charge in [-0.2, -0.15) is 4.28 Å². The van der Waals surface area contributed by atoms with Gasteiger partial charge in [0.05, 0.1) is 0 Å². The van der Waals surface area contributed by atoms with E-state index in [-0.39, 0.29) is 31.5 Å². The van der Waals surface area contributed by atoms with Crippen LogP contribution in [0.2, 0.25) is 0 Å². The fourth-order valence-electron chi connectivity index (χ4n) is 0.159. The Morgan fingerprint density at radius 1 is 1.82 bits per heavy atom. The molecule has 0 radical (unpaired) electrons. The minimum absolute atomic E-state index is 0. The van der Waals surface area contributed by atoms with Gasteiger partial charge in [0.1, 0.15) is 11.4 Å². The normalized spacial score (nSPS) is 11.1. The number of hydroxylamine groups is 1. The summed E-state index contributed by atoms with van der Waals surface area (Å²) in [4.78, 5) is 10.4. The van der Waals surface area contributed by atoms with Gasteiger partial charge in [-0.25, -0.2) is 9.69 Å². The molecule has 0 heterocycles. The number of carbonyl (C=O) groups excluding carboxylic acids is 1. The molecule has 62 valence electrons. The fourth-order valence-corrected chi connectivity index (χ4v) is 0.303. The first-order chi connectivity index (χ1) is 4.54. The van der Waals surface area contributed by atoms with Gasteiger partial charge in [0, 0.05) is 5.57 Å². The number of rotatable bonds is 3. The molecule has 0 bridgehead atoms. The van der Waals surface area contributed by atoms with E-state index >= 15 is 0 Å². The molecule has 11 heavy (non-hydrogen) atoms. The third kappa shape index (κ3) is 7.95. The van der Waals surface area contributed by atoms with E-state index < -0.39 is 17.3 Å². The van der Waals surface area contributed by atoms with Crippen LogP contribution in [-0.2, 0) is 20.4 Å². The number of hydrogen-bond donors (Lipinski definition) is 1. The molecule has 1 amide bonds. The monoisotopic (exact) mass is 190 g/mol. The zero-order chi connectivity index (χ0) is 8.15. The third-order valence-electron chi connectivity index (χ3n) is 0.590. The second kappa shape index (κ2) is 6.74. The molecule has 5 nitrogen and oxygen atoms in total. The van der Waals surface area contributed by atoms with Gasteiger partial charge in [-0.1, -0.05) is 6.58 Å². The Hall–Kier alpha value is 0.0462. The van der Waals surface area contributed by atoms with Gasteiger partial charge in [0.2, 0.25) is 0 Å². The van der Waals surface area contributed by atoms with E-state index in [4.69, 9.17) is 0 Å². The summed E-state index contributed by atoms with van der Waals surface area (Å²) in [6, 6.07) is 0. The van der Waals surface area contributed by atoms with Gasteiger partial charge >= 0.3 is 23.1 Å². The van der Waals surface area contributed by atoms with Crippen LogP contribution in [0.1, 0.15) is 9.78 Å². The van der Waals surface area contributed by atoms with Crippen molar-refractivity contribution in [3.63, 3.8) is 0 Å². The molecule has 0 rings (SSSR count). The van der Waals surface area contributed by atoms with Crippen LogP contribution in [0.25, 0.3) is 0 Å². The fraction of sp³-hybridized carbons (Fsp3) is 0.250. The maximum absolute atomic E-state index is 10.4. The molecule has 0 saturated heterocycles. The van der Waals surface area contributed by atoms with Crippen molar-refractivity contribution < 1.29 is 20.7 Å². The van der Waals surface area contributed by atoms with Gasteiger partial charge in [-0.3, -0.25) is 4.79 Å². The molecule has 0 aromatic rings. The summed E-state index contributed by atoms with van der Waals surface area (Å²) >= 11 is -2.73. The van der Waals surface area contributed by atoms with Gasteiger partial charge in [0.15, 0.2) is 0 Å². The van der Waals surface area contributed by atoms with Crippen molar-refractivity contribution in [1.29, 1.82) is 0 Å². The van der Waals surface area contributed by atoms with Crippen LogP contribution in [0.15, 0.2) is 12.2 Å². The Bertz CT molecular complexity index is 191. The number of nitrogens with one attached hydrogen (secondary N) is 1. The number of hydrogen-bond acceptors (Lipinski definition) is 4. The largest absolute Gasteiger partial charge is 2.00 e. The van der Waals surface area contributed by atoms with Gasteiger partial charge in [0.25, 0.3) is 5.91 Å². The molecular formula is C4H8MgNO4S-. The molecular weight excluding hydrogens is 182 g/mol. The van der Waals surface area contributed by atoms with E-state index in [1.807, 2.05) is 0 Å². The summed E-state index contributed by atoms with van der Waals surface area (Å²) < 4.78 is 23.0. The van der Waals surface area contributed by atoms with E-state index in [0.717, 1.165) is 0 Å². The molecule has 1 N–H and O–H groups in total. The van der Waals surface area contributed by atoms with Crippen molar-refractivity contribution >= 4 is 40.3 Å². The average Bonchev–Trinajstić information content (AvgIpc) is 1.82. The van der Waals surface area contributed by atoms with Crippen LogP contribution in [0.3, 0.4) is 0 Å². The van der Waals surface area contributed by atoms with Gasteiger partial charge < -0.3 is 7.41 Å². The van der Waals surface area contributed by atoms with Gasteiger partial charge in [-0.15, -0.1) is 0 Å². The van der Waals surface area contributed by atoms with Gasteiger partial charge in [-0.05, 0) is 6.92 Å². The van der Waals surface area contributed by atoms with Crippen molar-refractivity contribution in [2.75, 3.05) is 0 Å². The topological polar surface area (TPSA) is 78.5 Å². The molecule has 0 aliphatic carbocycles. The van der Waals surface area contributed by atoms with E-state index in [0.29, 0.717) is 0 Å². The predicted molar refractivity (Wildman–Crippen MR) is 40.9 cm³/mol. The Morgan fingerprint density at radius 2 is 2.27 bits per heavy atom. The molecule has 0 spiro atoms. The van der Waals surface area contributed by atoms with Crippen LogP contribution in [0.5, 0.6) is 0 Å². The van der Waals surface area contributed by atoms with E-state index in [1.54, 1.807) is 5.48 Å². The summed E-state index contributed by atoms with van der Waals surface area (Å²) in [5, 5.41) is 0. The minimum Gasteiger partial charge on any atom is -1.00 e. The first-order valence-electron chi connectivity index (χ1n) is 2.26. The molecule has 1 atom stereocenters. The Morgan fingerprint density at radius 3 is 2.55 bits per heavy atom. The average molecular weight is 190 g/mol. The quantitative estimate of drug-likeness (QED) is 0.275. The maximum Gasteiger partial charge on any atom is 2.00 e. The summed E-state index contributed by atoms with van der Waals surface area (Å²) in [6.07, 6.45) is 0. The number of carbonyl (C=O) groups is 1. The standard InChI is InChI=1S/C4H7NO4S.Mg.2H/c1-3(2)4(6)5-9-10(7)8;;;/h1H2,2H3,(H,5,6)(H,7,8);;;/q;+2;2*-1/p-1. The minimum atomic E-state index is -2.73. The summed E-state index contributed by atoms with van der Waals surface area (Å²) in [7, 11) is 0. The molecule has 0 aromatic heterocycles. The van der Waals surface area contributed by atoms with Crippen molar-refractivity contribution in [3.05, 3.63) is 12.2 Å². The summed E-state index contributed by atoms with van der Waals surface area (Å²) in [6.45, 7) is 4.66. The Balaban J connectivity index is -0.000000135.